The Balaban J connectivity index is 1.68. The molecule has 0 bridgehead atoms. The number of benzene rings is 2. The van der Waals surface area contributed by atoms with Gasteiger partial charge in [-0.1, -0.05) is 49.9 Å². The van der Waals surface area contributed by atoms with Crippen molar-refractivity contribution in [3.8, 4) is 11.1 Å². The highest BCUT2D eigenvalue weighted by Crippen LogP contribution is 2.29. The van der Waals surface area contributed by atoms with Gasteiger partial charge in [0.1, 0.15) is 0 Å². The van der Waals surface area contributed by atoms with Crippen molar-refractivity contribution in [2.75, 3.05) is 11.5 Å². The van der Waals surface area contributed by atoms with Gasteiger partial charge in [0, 0.05) is 11.4 Å². The van der Waals surface area contributed by atoms with Crippen molar-refractivity contribution >= 4 is 11.4 Å². The van der Waals surface area contributed by atoms with E-state index in [-0.39, 0.29) is 0 Å². The maximum atomic E-state index is 5.86. The van der Waals surface area contributed by atoms with Crippen LogP contribution >= 0.6 is 0 Å². The molecule has 0 unspecified atom stereocenters. The van der Waals surface area contributed by atoms with Gasteiger partial charge in [0.15, 0.2) is 0 Å². The highest BCUT2D eigenvalue weighted by atomic mass is 14.6. The number of hydrogen-bond donors (Lipinski definition) is 2. The SMILES string of the molecule is Nc1cc(N)cc(-c2ccc(CCC3CCCC3)cc2)c1. The molecule has 21 heavy (non-hydrogen) atoms. The first-order valence-electron chi connectivity index (χ1n) is 7.96. The Hall–Kier alpha value is -1.96. The van der Waals surface area contributed by atoms with Crippen LogP contribution in [0.5, 0.6) is 0 Å². The van der Waals surface area contributed by atoms with E-state index in [2.05, 4.69) is 24.3 Å². The zero-order valence-corrected chi connectivity index (χ0v) is 12.5. The van der Waals surface area contributed by atoms with Gasteiger partial charge < -0.3 is 11.5 Å². The molecule has 0 spiro atoms. The topological polar surface area (TPSA) is 52.0 Å². The quantitative estimate of drug-likeness (QED) is 0.801. The highest BCUT2D eigenvalue weighted by molar-refractivity contribution is 5.72. The molecule has 1 aliphatic carbocycles. The summed E-state index contributed by atoms with van der Waals surface area (Å²) in [4.78, 5) is 0. The van der Waals surface area contributed by atoms with Crippen molar-refractivity contribution in [2.45, 2.75) is 38.5 Å². The van der Waals surface area contributed by atoms with E-state index in [9.17, 15) is 0 Å². The smallest absolute Gasteiger partial charge is 0.0340 e. The number of rotatable bonds is 4. The minimum absolute atomic E-state index is 0.718. The molecule has 110 valence electrons. The molecule has 0 atom stereocenters. The normalized spacial score (nSPS) is 15.4. The van der Waals surface area contributed by atoms with Gasteiger partial charge >= 0.3 is 0 Å². The predicted molar refractivity (Wildman–Crippen MR) is 91.0 cm³/mol. The van der Waals surface area contributed by atoms with Gasteiger partial charge in [0.25, 0.3) is 0 Å². The Kier molecular flexibility index (Phi) is 4.14. The first kappa shape index (κ1) is 14.0. The molecule has 0 radical (unpaired) electrons. The van der Waals surface area contributed by atoms with Crippen LogP contribution in [-0.2, 0) is 6.42 Å². The Morgan fingerprint density at radius 2 is 1.43 bits per heavy atom. The van der Waals surface area contributed by atoms with Crippen LogP contribution in [0.15, 0.2) is 42.5 Å². The third kappa shape index (κ3) is 3.57. The second kappa shape index (κ2) is 6.21. The lowest BCUT2D eigenvalue weighted by Gasteiger charge is -2.10. The fourth-order valence-electron chi connectivity index (χ4n) is 3.38. The summed E-state index contributed by atoms with van der Waals surface area (Å²) in [7, 11) is 0. The van der Waals surface area contributed by atoms with Crippen LogP contribution in [0.1, 0.15) is 37.7 Å². The molecule has 0 aromatic heterocycles. The lowest BCUT2D eigenvalue weighted by molar-refractivity contribution is 0.504. The number of aryl methyl sites for hydroxylation is 1. The van der Waals surface area contributed by atoms with E-state index in [0.29, 0.717) is 0 Å². The summed E-state index contributed by atoms with van der Waals surface area (Å²) in [5.74, 6) is 0.957. The molecule has 3 rings (SSSR count). The third-order valence-corrected chi connectivity index (χ3v) is 4.58. The van der Waals surface area contributed by atoms with Gasteiger partial charge in [-0.3, -0.25) is 0 Å². The van der Waals surface area contributed by atoms with Crippen molar-refractivity contribution < 1.29 is 0 Å². The molecule has 2 aromatic rings. The molecule has 2 heteroatoms. The van der Waals surface area contributed by atoms with Crippen molar-refractivity contribution in [2.24, 2.45) is 5.92 Å². The van der Waals surface area contributed by atoms with Gasteiger partial charge in [-0.05, 0) is 53.6 Å². The summed E-state index contributed by atoms with van der Waals surface area (Å²) in [5.41, 5.74) is 16.9. The van der Waals surface area contributed by atoms with Crippen molar-refractivity contribution in [1.29, 1.82) is 0 Å². The maximum absolute atomic E-state index is 5.86. The van der Waals surface area contributed by atoms with E-state index >= 15 is 0 Å². The summed E-state index contributed by atoms with van der Waals surface area (Å²) in [6.07, 6.45) is 8.26. The van der Waals surface area contributed by atoms with Crippen LogP contribution < -0.4 is 11.5 Å². The molecule has 1 saturated carbocycles. The number of anilines is 2. The molecule has 0 saturated heterocycles. The number of nitrogens with two attached hydrogens (primary N) is 2. The molecule has 1 fully saturated rings. The van der Waals surface area contributed by atoms with Crippen LogP contribution in [0, 0.1) is 5.92 Å². The summed E-state index contributed by atoms with van der Waals surface area (Å²) in [6, 6.07) is 14.6. The number of hydrogen-bond acceptors (Lipinski definition) is 2. The summed E-state index contributed by atoms with van der Waals surface area (Å²) >= 11 is 0. The Bertz CT molecular complexity index is 575. The second-order valence-corrected chi connectivity index (χ2v) is 6.27. The van der Waals surface area contributed by atoms with E-state index < -0.39 is 0 Å². The summed E-state index contributed by atoms with van der Waals surface area (Å²) in [6.45, 7) is 0. The molecule has 2 nitrogen and oxygen atoms in total. The summed E-state index contributed by atoms with van der Waals surface area (Å²) in [5, 5.41) is 0. The third-order valence-electron chi connectivity index (χ3n) is 4.58. The fraction of sp³-hybridized carbons (Fsp3) is 0.368. The minimum Gasteiger partial charge on any atom is -0.399 e. The molecular formula is C19H24N2. The zero-order chi connectivity index (χ0) is 14.7. The average molecular weight is 280 g/mol. The zero-order valence-electron chi connectivity index (χ0n) is 12.5. The molecule has 0 amide bonds. The Morgan fingerprint density at radius 1 is 0.810 bits per heavy atom. The van der Waals surface area contributed by atoms with Gasteiger partial charge in [0.2, 0.25) is 0 Å². The van der Waals surface area contributed by atoms with Gasteiger partial charge in [0.05, 0.1) is 0 Å². The van der Waals surface area contributed by atoms with E-state index in [1.807, 2.05) is 12.1 Å². The van der Waals surface area contributed by atoms with E-state index in [4.69, 9.17) is 11.5 Å². The first-order chi connectivity index (χ1) is 10.2. The van der Waals surface area contributed by atoms with Crippen molar-refractivity contribution in [1.82, 2.24) is 0 Å². The lowest BCUT2D eigenvalue weighted by Crippen LogP contribution is -1.96. The first-order valence-corrected chi connectivity index (χ1v) is 7.96. The van der Waals surface area contributed by atoms with Gasteiger partial charge in [-0.2, -0.15) is 0 Å². The molecule has 1 aliphatic rings. The molecule has 4 N–H and O–H groups in total. The monoisotopic (exact) mass is 280 g/mol. The molecule has 0 aliphatic heterocycles. The van der Waals surface area contributed by atoms with Gasteiger partial charge in [-0.15, -0.1) is 0 Å². The molecular weight excluding hydrogens is 256 g/mol. The van der Waals surface area contributed by atoms with Crippen molar-refractivity contribution in [3.63, 3.8) is 0 Å². The number of nitrogen functional groups attached to an aromatic ring is 2. The van der Waals surface area contributed by atoms with Gasteiger partial charge in [-0.25, -0.2) is 0 Å². The van der Waals surface area contributed by atoms with Crippen LogP contribution in [0.4, 0.5) is 11.4 Å². The minimum atomic E-state index is 0.718. The van der Waals surface area contributed by atoms with Crippen LogP contribution in [0.3, 0.4) is 0 Å². The Labute approximate surface area is 127 Å². The van der Waals surface area contributed by atoms with Crippen LogP contribution in [0.25, 0.3) is 11.1 Å². The maximum Gasteiger partial charge on any atom is 0.0340 e. The lowest BCUT2D eigenvalue weighted by atomic mass is 9.96. The highest BCUT2D eigenvalue weighted by Gasteiger charge is 2.14. The molecule has 2 aromatic carbocycles. The average Bonchev–Trinajstić information content (AvgIpc) is 2.98. The standard InChI is InChI=1S/C19H24N2/c20-18-11-17(12-19(21)13-18)16-9-7-15(8-10-16)6-5-14-3-1-2-4-14/h7-14H,1-6,20-21H2. The molecule has 0 heterocycles. The Morgan fingerprint density at radius 3 is 2.05 bits per heavy atom. The summed E-state index contributed by atoms with van der Waals surface area (Å²) < 4.78 is 0. The van der Waals surface area contributed by atoms with E-state index in [1.54, 1.807) is 6.07 Å². The second-order valence-electron chi connectivity index (χ2n) is 6.27. The fourth-order valence-corrected chi connectivity index (χ4v) is 3.38. The van der Waals surface area contributed by atoms with E-state index in [0.717, 1.165) is 22.9 Å². The van der Waals surface area contributed by atoms with Crippen LogP contribution in [0.2, 0.25) is 0 Å². The van der Waals surface area contributed by atoms with E-state index in [1.165, 1.54) is 49.7 Å². The largest absolute Gasteiger partial charge is 0.399 e. The predicted octanol–water partition coefficient (Wildman–Crippen LogP) is 4.64. The van der Waals surface area contributed by atoms with Crippen LogP contribution in [-0.4, -0.2) is 0 Å². The van der Waals surface area contributed by atoms with Crippen molar-refractivity contribution in [3.05, 3.63) is 48.0 Å².